The SMILES string of the molecule is CCNc1cc(-c2cnn(C)c2)nc(C(C)(C)C)n1. The number of hydrogen-bond acceptors (Lipinski definition) is 4. The Hall–Kier alpha value is -1.91. The summed E-state index contributed by atoms with van der Waals surface area (Å²) in [5.41, 5.74) is 1.83. The summed E-state index contributed by atoms with van der Waals surface area (Å²) >= 11 is 0. The normalized spacial score (nSPS) is 11.6. The first-order chi connectivity index (χ1) is 8.90. The molecule has 0 bridgehead atoms. The second-order valence-electron chi connectivity index (χ2n) is 5.65. The minimum Gasteiger partial charge on any atom is -0.370 e. The molecular weight excluding hydrogens is 238 g/mol. The average molecular weight is 259 g/mol. The molecule has 0 aliphatic heterocycles. The number of rotatable bonds is 3. The minimum atomic E-state index is -0.0810. The van der Waals surface area contributed by atoms with Crippen LogP contribution in [-0.4, -0.2) is 26.3 Å². The molecular formula is C14H21N5. The molecule has 0 unspecified atom stereocenters. The molecule has 2 rings (SSSR count). The number of nitrogens with zero attached hydrogens (tertiary/aromatic N) is 4. The van der Waals surface area contributed by atoms with Gasteiger partial charge in [0.15, 0.2) is 0 Å². The summed E-state index contributed by atoms with van der Waals surface area (Å²) in [5.74, 6) is 1.70. The van der Waals surface area contributed by atoms with Gasteiger partial charge in [-0.15, -0.1) is 0 Å². The van der Waals surface area contributed by atoms with Gasteiger partial charge in [0.05, 0.1) is 11.9 Å². The van der Waals surface area contributed by atoms with Crippen LogP contribution < -0.4 is 5.32 Å². The van der Waals surface area contributed by atoms with Crippen molar-refractivity contribution in [3.05, 3.63) is 24.3 Å². The van der Waals surface area contributed by atoms with Gasteiger partial charge in [0.1, 0.15) is 11.6 Å². The van der Waals surface area contributed by atoms with E-state index in [1.807, 2.05) is 25.5 Å². The average Bonchev–Trinajstić information content (AvgIpc) is 2.75. The van der Waals surface area contributed by atoms with Crippen molar-refractivity contribution >= 4 is 5.82 Å². The van der Waals surface area contributed by atoms with Crippen molar-refractivity contribution in [3.63, 3.8) is 0 Å². The minimum absolute atomic E-state index is 0.0810. The summed E-state index contributed by atoms with van der Waals surface area (Å²) < 4.78 is 1.78. The Kier molecular flexibility index (Phi) is 3.55. The molecule has 0 spiro atoms. The van der Waals surface area contributed by atoms with E-state index in [1.54, 1.807) is 4.68 Å². The number of anilines is 1. The van der Waals surface area contributed by atoms with Crippen LogP contribution in [0.25, 0.3) is 11.3 Å². The molecule has 5 heteroatoms. The molecule has 2 aromatic heterocycles. The van der Waals surface area contributed by atoms with Gasteiger partial charge in [0, 0.05) is 36.8 Å². The summed E-state index contributed by atoms with van der Waals surface area (Å²) in [6.45, 7) is 9.25. The van der Waals surface area contributed by atoms with Gasteiger partial charge in [-0.05, 0) is 6.92 Å². The first-order valence-electron chi connectivity index (χ1n) is 6.52. The third-order valence-electron chi connectivity index (χ3n) is 2.76. The highest BCUT2D eigenvalue weighted by Crippen LogP contribution is 2.25. The summed E-state index contributed by atoms with van der Waals surface area (Å²) in [7, 11) is 1.90. The zero-order chi connectivity index (χ0) is 14.0. The molecule has 0 atom stereocenters. The number of aromatic nitrogens is 4. The fourth-order valence-electron chi connectivity index (χ4n) is 1.76. The standard InChI is InChI=1S/C14H21N5/c1-6-15-12-7-11(10-8-16-19(5)9-10)17-13(18-12)14(2,3)4/h7-9H,6H2,1-5H3,(H,15,17,18). The Balaban J connectivity index is 2.51. The van der Waals surface area contributed by atoms with Gasteiger partial charge in [-0.2, -0.15) is 5.10 Å². The molecule has 2 heterocycles. The molecule has 102 valence electrons. The first kappa shape index (κ1) is 13.5. The Morgan fingerprint density at radius 1 is 1.26 bits per heavy atom. The predicted octanol–water partition coefficient (Wildman–Crippen LogP) is 2.61. The van der Waals surface area contributed by atoms with Crippen molar-refractivity contribution in [2.75, 3.05) is 11.9 Å². The fraction of sp³-hybridized carbons (Fsp3) is 0.500. The third-order valence-corrected chi connectivity index (χ3v) is 2.76. The highest BCUT2D eigenvalue weighted by atomic mass is 15.2. The highest BCUT2D eigenvalue weighted by Gasteiger charge is 2.19. The number of nitrogens with one attached hydrogen (secondary N) is 1. The zero-order valence-corrected chi connectivity index (χ0v) is 12.2. The topological polar surface area (TPSA) is 55.6 Å². The zero-order valence-electron chi connectivity index (χ0n) is 12.2. The lowest BCUT2D eigenvalue weighted by Crippen LogP contribution is -2.17. The molecule has 0 aliphatic carbocycles. The lowest BCUT2D eigenvalue weighted by molar-refractivity contribution is 0.546. The maximum Gasteiger partial charge on any atom is 0.136 e. The van der Waals surface area contributed by atoms with Crippen LogP contribution in [0.3, 0.4) is 0 Å². The van der Waals surface area contributed by atoms with Crippen molar-refractivity contribution < 1.29 is 0 Å². The molecule has 0 saturated carbocycles. The monoisotopic (exact) mass is 259 g/mol. The lowest BCUT2D eigenvalue weighted by atomic mass is 9.95. The van der Waals surface area contributed by atoms with E-state index in [1.165, 1.54) is 0 Å². The molecule has 0 fully saturated rings. The van der Waals surface area contributed by atoms with E-state index in [-0.39, 0.29) is 5.41 Å². The Labute approximate surface area is 114 Å². The molecule has 1 N–H and O–H groups in total. The van der Waals surface area contributed by atoms with Gasteiger partial charge in [0.2, 0.25) is 0 Å². The van der Waals surface area contributed by atoms with Crippen LogP contribution in [0.15, 0.2) is 18.5 Å². The van der Waals surface area contributed by atoms with E-state index in [9.17, 15) is 0 Å². The molecule has 0 amide bonds. The van der Waals surface area contributed by atoms with Crippen LogP contribution in [0.5, 0.6) is 0 Å². The maximum absolute atomic E-state index is 4.67. The van der Waals surface area contributed by atoms with Crippen LogP contribution in [-0.2, 0) is 12.5 Å². The first-order valence-corrected chi connectivity index (χ1v) is 6.52. The fourth-order valence-corrected chi connectivity index (χ4v) is 1.76. The van der Waals surface area contributed by atoms with Crippen molar-refractivity contribution in [1.82, 2.24) is 19.7 Å². The number of hydrogen-bond donors (Lipinski definition) is 1. The van der Waals surface area contributed by atoms with Crippen molar-refractivity contribution in [2.45, 2.75) is 33.1 Å². The Morgan fingerprint density at radius 3 is 2.53 bits per heavy atom. The molecule has 19 heavy (non-hydrogen) atoms. The van der Waals surface area contributed by atoms with E-state index in [0.717, 1.165) is 29.4 Å². The van der Waals surface area contributed by atoms with Crippen LogP contribution in [0, 0.1) is 0 Å². The second-order valence-corrected chi connectivity index (χ2v) is 5.65. The van der Waals surface area contributed by atoms with E-state index in [2.05, 4.69) is 48.1 Å². The van der Waals surface area contributed by atoms with E-state index >= 15 is 0 Å². The largest absolute Gasteiger partial charge is 0.370 e. The van der Waals surface area contributed by atoms with Gasteiger partial charge >= 0.3 is 0 Å². The number of aryl methyl sites for hydroxylation is 1. The molecule has 0 aliphatic rings. The maximum atomic E-state index is 4.67. The van der Waals surface area contributed by atoms with Gasteiger partial charge in [-0.3, -0.25) is 4.68 Å². The summed E-state index contributed by atoms with van der Waals surface area (Å²) in [4.78, 5) is 9.24. The van der Waals surface area contributed by atoms with Crippen molar-refractivity contribution in [3.8, 4) is 11.3 Å². The van der Waals surface area contributed by atoms with Crippen LogP contribution in [0.4, 0.5) is 5.82 Å². The van der Waals surface area contributed by atoms with Gasteiger partial charge in [-0.25, -0.2) is 9.97 Å². The van der Waals surface area contributed by atoms with Gasteiger partial charge in [-0.1, -0.05) is 20.8 Å². The quantitative estimate of drug-likeness (QED) is 0.920. The van der Waals surface area contributed by atoms with Crippen LogP contribution in [0.2, 0.25) is 0 Å². The summed E-state index contributed by atoms with van der Waals surface area (Å²) in [6.07, 6.45) is 3.79. The third kappa shape index (κ3) is 3.10. The second kappa shape index (κ2) is 4.99. The van der Waals surface area contributed by atoms with Crippen molar-refractivity contribution in [2.24, 2.45) is 7.05 Å². The van der Waals surface area contributed by atoms with Crippen molar-refractivity contribution in [1.29, 1.82) is 0 Å². The molecule has 0 radical (unpaired) electrons. The molecule has 0 aromatic carbocycles. The summed E-state index contributed by atoms with van der Waals surface area (Å²) in [6, 6.07) is 1.97. The molecule has 2 aromatic rings. The Bertz CT molecular complexity index is 565. The predicted molar refractivity (Wildman–Crippen MR) is 77.1 cm³/mol. The van der Waals surface area contributed by atoms with E-state index in [4.69, 9.17) is 0 Å². The highest BCUT2D eigenvalue weighted by molar-refractivity contribution is 5.61. The van der Waals surface area contributed by atoms with Gasteiger partial charge in [0.25, 0.3) is 0 Å². The Morgan fingerprint density at radius 2 is 2.00 bits per heavy atom. The van der Waals surface area contributed by atoms with E-state index in [0.29, 0.717) is 0 Å². The van der Waals surface area contributed by atoms with Crippen LogP contribution in [0.1, 0.15) is 33.5 Å². The smallest absolute Gasteiger partial charge is 0.136 e. The molecule has 0 saturated heterocycles. The molecule has 5 nitrogen and oxygen atoms in total. The summed E-state index contributed by atoms with van der Waals surface area (Å²) in [5, 5.41) is 7.46. The van der Waals surface area contributed by atoms with Crippen LogP contribution >= 0.6 is 0 Å². The van der Waals surface area contributed by atoms with Gasteiger partial charge < -0.3 is 5.32 Å². The lowest BCUT2D eigenvalue weighted by Gasteiger charge is -2.18. The van der Waals surface area contributed by atoms with E-state index < -0.39 is 0 Å².